The predicted octanol–water partition coefficient (Wildman–Crippen LogP) is 3.05. The number of carbonyl (C=O) groups excluding carboxylic acids is 1. The highest BCUT2D eigenvalue weighted by Crippen LogP contribution is 2.27. The molecular formula is C20H30N2O3. The van der Waals surface area contributed by atoms with Crippen LogP contribution < -0.4 is 10.2 Å². The summed E-state index contributed by atoms with van der Waals surface area (Å²) in [7, 11) is 0. The third-order valence-corrected chi connectivity index (χ3v) is 5.15. The van der Waals surface area contributed by atoms with E-state index in [2.05, 4.69) is 42.3 Å². The van der Waals surface area contributed by atoms with Crippen LogP contribution >= 0.6 is 0 Å². The number of anilines is 1. The lowest BCUT2D eigenvalue weighted by Crippen LogP contribution is -2.37. The molecule has 3 atom stereocenters. The van der Waals surface area contributed by atoms with Crippen LogP contribution in [0.25, 0.3) is 0 Å². The van der Waals surface area contributed by atoms with Crippen LogP contribution in [0.15, 0.2) is 24.3 Å². The summed E-state index contributed by atoms with van der Waals surface area (Å²) in [5, 5.41) is 3.16. The Hall–Kier alpha value is -1.59. The summed E-state index contributed by atoms with van der Waals surface area (Å²) in [6.45, 7) is 7.48. The van der Waals surface area contributed by atoms with Crippen molar-refractivity contribution in [3.05, 3.63) is 29.8 Å². The van der Waals surface area contributed by atoms with Gasteiger partial charge >= 0.3 is 0 Å². The standard InChI is InChI=1S/C20H30N2O3/c1-15-7-8-17(25-15)9-10-20(23)21-16(2)18-5-3-4-6-19(18)22-11-13-24-14-12-22/h3-6,15-17H,7-14H2,1-2H3,(H,21,23)/t15-,16+,17+/m1/s1. The summed E-state index contributed by atoms with van der Waals surface area (Å²) in [6, 6.07) is 8.33. The lowest BCUT2D eigenvalue weighted by molar-refractivity contribution is -0.122. The van der Waals surface area contributed by atoms with E-state index in [0.717, 1.165) is 45.6 Å². The molecule has 2 aliphatic heterocycles. The van der Waals surface area contributed by atoms with Crippen molar-refractivity contribution in [1.82, 2.24) is 5.32 Å². The first kappa shape index (κ1) is 18.2. The molecule has 0 unspecified atom stereocenters. The van der Waals surface area contributed by atoms with Crippen LogP contribution in [-0.4, -0.2) is 44.4 Å². The van der Waals surface area contributed by atoms with Crippen LogP contribution in [0.5, 0.6) is 0 Å². The first-order chi connectivity index (χ1) is 12.1. The van der Waals surface area contributed by atoms with E-state index in [9.17, 15) is 4.79 Å². The van der Waals surface area contributed by atoms with Crippen LogP contribution in [0.3, 0.4) is 0 Å². The second-order valence-electron chi connectivity index (χ2n) is 7.13. The molecule has 2 heterocycles. The van der Waals surface area contributed by atoms with Gasteiger partial charge in [-0.25, -0.2) is 0 Å². The highest BCUT2D eigenvalue weighted by molar-refractivity contribution is 5.76. The van der Waals surface area contributed by atoms with Gasteiger partial charge in [0.2, 0.25) is 5.91 Å². The van der Waals surface area contributed by atoms with Crippen LogP contribution in [-0.2, 0) is 14.3 Å². The summed E-state index contributed by atoms with van der Waals surface area (Å²) in [4.78, 5) is 14.7. The second-order valence-corrected chi connectivity index (χ2v) is 7.13. The van der Waals surface area contributed by atoms with E-state index in [1.54, 1.807) is 0 Å². The Labute approximate surface area is 150 Å². The van der Waals surface area contributed by atoms with Gasteiger partial charge < -0.3 is 19.7 Å². The third-order valence-electron chi connectivity index (χ3n) is 5.15. The number of rotatable bonds is 6. The van der Waals surface area contributed by atoms with Crippen LogP contribution in [0.2, 0.25) is 0 Å². The Morgan fingerprint density at radius 2 is 2.04 bits per heavy atom. The summed E-state index contributed by atoms with van der Waals surface area (Å²) in [5.74, 6) is 0.104. The summed E-state index contributed by atoms with van der Waals surface area (Å²) >= 11 is 0. The maximum absolute atomic E-state index is 12.4. The van der Waals surface area contributed by atoms with Gasteiger partial charge in [-0.1, -0.05) is 18.2 Å². The summed E-state index contributed by atoms with van der Waals surface area (Å²) < 4.78 is 11.3. The van der Waals surface area contributed by atoms with E-state index in [1.165, 1.54) is 11.3 Å². The van der Waals surface area contributed by atoms with Crippen molar-refractivity contribution >= 4 is 11.6 Å². The number of benzene rings is 1. The van der Waals surface area contributed by atoms with Crippen LogP contribution in [0.1, 0.15) is 51.1 Å². The summed E-state index contributed by atoms with van der Waals surface area (Å²) in [5.41, 5.74) is 2.37. The topological polar surface area (TPSA) is 50.8 Å². The number of ether oxygens (including phenoxy) is 2. The normalized spacial score (nSPS) is 25.0. The first-order valence-corrected chi connectivity index (χ1v) is 9.50. The predicted molar refractivity (Wildman–Crippen MR) is 98.8 cm³/mol. The van der Waals surface area contributed by atoms with Gasteiger partial charge in [-0.3, -0.25) is 4.79 Å². The first-order valence-electron chi connectivity index (χ1n) is 9.50. The maximum atomic E-state index is 12.4. The Morgan fingerprint density at radius 1 is 1.28 bits per heavy atom. The minimum Gasteiger partial charge on any atom is -0.378 e. The van der Waals surface area contributed by atoms with Gasteiger partial charge in [0.05, 0.1) is 31.5 Å². The molecular weight excluding hydrogens is 316 g/mol. The average Bonchev–Trinajstić information content (AvgIpc) is 3.06. The molecule has 0 aliphatic carbocycles. The Bertz CT molecular complexity index is 572. The molecule has 1 N–H and O–H groups in total. The van der Waals surface area contributed by atoms with E-state index in [4.69, 9.17) is 9.47 Å². The maximum Gasteiger partial charge on any atom is 0.220 e. The number of nitrogens with zero attached hydrogens (tertiary/aromatic N) is 1. The number of hydrogen-bond acceptors (Lipinski definition) is 4. The smallest absolute Gasteiger partial charge is 0.220 e. The molecule has 2 aliphatic rings. The van der Waals surface area contributed by atoms with E-state index < -0.39 is 0 Å². The van der Waals surface area contributed by atoms with Gasteiger partial charge in [-0.2, -0.15) is 0 Å². The van der Waals surface area contributed by atoms with E-state index in [-0.39, 0.29) is 18.1 Å². The van der Waals surface area contributed by atoms with E-state index >= 15 is 0 Å². The van der Waals surface area contributed by atoms with E-state index in [1.807, 2.05) is 6.07 Å². The fourth-order valence-electron chi connectivity index (χ4n) is 3.73. The number of para-hydroxylation sites is 1. The number of hydrogen-bond donors (Lipinski definition) is 1. The SMILES string of the molecule is C[C@@H]1CC[C@@H](CCC(=O)N[C@@H](C)c2ccccc2N2CCOCC2)O1. The second kappa shape index (κ2) is 8.68. The molecule has 1 amide bonds. The molecule has 5 heteroatoms. The van der Waals surface area contributed by atoms with Crippen molar-refractivity contribution in [2.75, 3.05) is 31.2 Å². The lowest BCUT2D eigenvalue weighted by atomic mass is 10.0. The van der Waals surface area contributed by atoms with Gasteiger partial charge in [0.15, 0.2) is 0 Å². The van der Waals surface area contributed by atoms with Crippen molar-refractivity contribution in [2.45, 2.75) is 57.8 Å². The Kier molecular flexibility index (Phi) is 6.32. The van der Waals surface area contributed by atoms with Crippen molar-refractivity contribution in [1.29, 1.82) is 0 Å². The lowest BCUT2D eigenvalue weighted by Gasteiger charge is -2.32. The van der Waals surface area contributed by atoms with Gasteiger partial charge in [-0.05, 0) is 44.7 Å². The molecule has 5 nitrogen and oxygen atoms in total. The minimum atomic E-state index is -0.00466. The average molecular weight is 346 g/mol. The quantitative estimate of drug-likeness (QED) is 0.860. The zero-order valence-corrected chi connectivity index (χ0v) is 15.4. The van der Waals surface area contributed by atoms with Crippen molar-refractivity contribution in [2.24, 2.45) is 0 Å². The molecule has 0 saturated carbocycles. The number of amides is 1. The third kappa shape index (κ3) is 4.95. The molecule has 138 valence electrons. The molecule has 0 bridgehead atoms. The summed E-state index contributed by atoms with van der Waals surface area (Å²) in [6.07, 6.45) is 4.11. The van der Waals surface area contributed by atoms with Gasteiger partial charge in [0, 0.05) is 25.2 Å². The monoisotopic (exact) mass is 346 g/mol. The van der Waals surface area contributed by atoms with E-state index in [0.29, 0.717) is 12.5 Å². The zero-order valence-electron chi connectivity index (χ0n) is 15.4. The van der Waals surface area contributed by atoms with Crippen molar-refractivity contribution in [3.63, 3.8) is 0 Å². The molecule has 1 aromatic carbocycles. The van der Waals surface area contributed by atoms with Crippen LogP contribution in [0.4, 0.5) is 5.69 Å². The molecule has 2 fully saturated rings. The molecule has 1 aromatic rings. The highest BCUT2D eigenvalue weighted by atomic mass is 16.5. The largest absolute Gasteiger partial charge is 0.378 e. The fraction of sp³-hybridized carbons (Fsp3) is 0.650. The number of carbonyl (C=O) groups is 1. The number of nitrogens with one attached hydrogen (secondary N) is 1. The van der Waals surface area contributed by atoms with Gasteiger partial charge in [-0.15, -0.1) is 0 Å². The Morgan fingerprint density at radius 3 is 2.76 bits per heavy atom. The molecule has 3 rings (SSSR count). The molecule has 25 heavy (non-hydrogen) atoms. The Balaban J connectivity index is 1.55. The number of morpholine rings is 1. The van der Waals surface area contributed by atoms with Crippen molar-refractivity contribution < 1.29 is 14.3 Å². The van der Waals surface area contributed by atoms with Gasteiger partial charge in [0.25, 0.3) is 0 Å². The van der Waals surface area contributed by atoms with Crippen molar-refractivity contribution in [3.8, 4) is 0 Å². The molecule has 2 saturated heterocycles. The zero-order chi connectivity index (χ0) is 17.6. The van der Waals surface area contributed by atoms with Gasteiger partial charge in [0.1, 0.15) is 0 Å². The minimum absolute atomic E-state index is 0.00466. The molecule has 0 aromatic heterocycles. The highest BCUT2D eigenvalue weighted by Gasteiger charge is 2.23. The van der Waals surface area contributed by atoms with Crippen LogP contribution in [0, 0.1) is 0 Å². The molecule has 0 spiro atoms. The fourth-order valence-corrected chi connectivity index (χ4v) is 3.73. The molecule has 0 radical (unpaired) electrons.